The van der Waals surface area contributed by atoms with Gasteiger partial charge in [-0.05, 0) is 24.4 Å². The average Bonchev–Trinajstić information content (AvgIpc) is 2.83. The van der Waals surface area contributed by atoms with Gasteiger partial charge in [-0.25, -0.2) is 4.68 Å². The maximum atomic E-state index is 5.68. The second-order valence-corrected chi connectivity index (χ2v) is 3.92. The molecule has 0 amide bonds. The number of aromatic amines is 1. The van der Waals surface area contributed by atoms with Gasteiger partial charge >= 0.3 is 0 Å². The molecule has 3 rings (SSSR count). The predicted molar refractivity (Wildman–Crippen MR) is 65.0 cm³/mol. The molecule has 0 aliphatic rings. The maximum Gasteiger partial charge on any atom is 0.196 e. The molecule has 0 aliphatic heterocycles. The zero-order valence-corrected chi connectivity index (χ0v) is 9.12. The van der Waals surface area contributed by atoms with Crippen LogP contribution in [0.2, 0.25) is 0 Å². The monoisotopic (exact) mass is 231 g/mol. The fraction of sp³-hybridized carbons (Fsp3) is 0. The predicted octanol–water partition coefficient (Wildman–Crippen LogP) is 2.67. The van der Waals surface area contributed by atoms with Crippen molar-refractivity contribution in [2.24, 2.45) is 0 Å². The molecule has 3 aromatic rings. The van der Waals surface area contributed by atoms with Gasteiger partial charge in [0.2, 0.25) is 0 Å². The van der Waals surface area contributed by atoms with E-state index < -0.39 is 0 Å². The van der Waals surface area contributed by atoms with Crippen LogP contribution in [0, 0.1) is 4.77 Å². The number of rotatable bonds is 1. The summed E-state index contributed by atoms with van der Waals surface area (Å²) in [4.78, 5) is 2.98. The molecule has 0 aliphatic carbocycles. The summed E-state index contributed by atoms with van der Waals surface area (Å²) in [6.45, 7) is 0. The van der Waals surface area contributed by atoms with E-state index in [0.29, 0.717) is 4.77 Å². The number of nitrogen functional groups attached to an aromatic ring is 1. The molecule has 0 saturated carbocycles. The number of H-pyrrole nitrogens is 1. The van der Waals surface area contributed by atoms with Crippen molar-refractivity contribution in [2.75, 3.05) is 5.84 Å². The lowest BCUT2D eigenvalue weighted by Gasteiger charge is -1.87. The number of nitrogens with zero attached hydrogens (tertiary/aromatic N) is 1. The van der Waals surface area contributed by atoms with Gasteiger partial charge in [0.15, 0.2) is 10.5 Å². The van der Waals surface area contributed by atoms with Crippen LogP contribution in [0.25, 0.3) is 22.4 Å². The number of nitrogens with one attached hydrogen (secondary N) is 1. The van der Waals surface area contributed by atoms with E-state index in [-0.39, 0.29) is 0 Å². The minimum Gasteiger partial charge on any atom is -0.454 e. The first kappa shape index (κ1) is 9.23. The normalized spacial score (nSPS) is 11.0. The van der Waals surface area contributed by atoms with Gasteiger partial charge in [-0.15, -0.1) is 0 Å². The summed E-state index contributed by atoms with van der Waals surface area (Å²) < 4.78 is 7.50. The minimum atomic E-state index is 0.468. The van der Waals surface area contributed by atoms with E-state index in [4.69, 9.17) is 22.5 Å². The highest BCUT2D eigenvalue weighted by Crippen LogP contribution is 2.26. The Balaban J connectivity index is 2.22. The molecular formula is C11H9N3OS. The summed E-state index contributed by atoms with van der Waals surface area (Å²) in [7, 11) is 0. The van der Waals surface area contributed by atoms with Gasteiger partial charge in [-0.2, -0.15) is 0 Å². The summed E-state index contributed by atoms with van der Waals surface area (Å²) in [5.41, 5.74) is 1.63. The first-order chi connectivity index (χ1) is 7.74. The molecule has 3 N–H and O–H groups in total. The van der Waals surface area contributed by atoms with Gasteiger partial charge < -0.3 is 15.2 Å². The molecule has 2 heterocycles. The van der Waals surface area contributed by atoms with Crippen LogP contribution >= 0.6 is 12.2 Å². The molecule has 0 spiro atoms. The number of para-hydroxylation sites is 1. The van der Waals surface area contributed by atoms with Crippen LogP contribution < -0.4 is 5.84 Å². The Morgan fingerprint density at radius 3 is 2.81 bits per heavy atom. The Bertz CT molecular complexity index is 674. The van der Waals surface area contributed by atoms with Crippen molar-refractivity contribution < 1.29 is 4.42 Å². The molecule has 0 fully saturated rings. The lowest BCUT2D eigenvalue weighted by atomic mass is 10.2. The third-order valence-corrected chi connectivity index (χ3v) is 2.75. The van der Waals surface area contributed by atoms with Crippen molar-refractivity contribution in [2.45, 2.75) is 0 Å². The second-order valence-electron chi connectivity index (χ2n) is 3.53. The molecule has 5 heteroatoms. The highest BCUT2D eigenvalue weighted by Gasteiger charge is 2.07. The highest BCUT2D eigenvalue weighted by molar-refractivity contribution is 7.71. The fourth-order valence-corrected chi connectivity index (χ4v) is 1.81. The van der Waals surface area contributed by atoms with Crippen molar-refractivity contribution in [3.8, 4) is 11.5 Å². The number of fused-ring (bicyclic) bond motifs is 1. The molecule has 1 aromatic carbocycles. The lowest BCUT2D eigenvalue weighted by molar-refractivity contribution is 0.629. The van der Waals surface area contributed by atoms with Gasteiger partial charge in [0.1, 0.15) is 11.3 Å². The molecule has 80 valence electrons. The number of aromatic nitrogens is 2. The number of furan rings is 1. The first-order valence-corrected chi connectivity index (χ1v) is 5.20. The van der Waals surface area contributed by atoms with Crippen LogP contribution in [0.3, 0.4) is 0 Å². The van der Waals surface area contributed by atoms with Crippen molar-refractivity contribution in [1.29, 1.82) is 0 Å². The largest absolute Gasteiger partial charge is 0.454 e. The van der Waals surface area contributed by atoms with Crippen LogP contribution in [0.5, 0.6) is 0 Å². The number of benzene rings is 1. The molecule has 0 unspecified atom stereocenters. The Kier molecular flexibility index (Phi) is 1.87. The van der Waals surface area contributed by atoms with Crippen LogP contribution in [0.15, 0.2) is 40.9 Å². The van der Waals surface area contributed by atoms with E-state index in [1.165, 1.54) is 4.68 Å². The van der Waals surface area contributed by atoms with E-state index in [1.807, 2.05) is 30.3 Å². The van der Waals surface area contributed by atoms with Crippen LogP contribution in [0.1, 0.15) is 0 Å². The standard InChI is InChI=1S/C11H9N3OS/c12-14-6-8(13-11(14)16)10-5-7-3-1-2-4-9(7)15-10/h1-6H,12H2,(H,13,16). The van der Waals surface area contributed by atoms with Crippen LogP contribution in [-0.4, -0.2) is 9.66 Å². The quantitative estimate of drug-likeness (QED) is 0.500. The SMILES string of the molecule is Nn1cc(-c2cc3ccccc3o2)[nH]c1=S. The summed E-state index contributed by atoms with van der Waals surface area (Å²) >= 11 is 5.00. The Morgan fingerprint density at radius 2 is 2.12 bits per heavy atom. The van der Waals surface area contributed by atoms with Crippen molar-refractivity contribution >= 4 is 23.2 Å². The minimum absolute atomic E-state index is 0.468. The summed E-state index contributed by atoms with van der Waals surface area (Å²) in [5, 5.41) is 1.06. The van der Waals surface area contributed by atoms with Gasteiger partial charge in [-0.3, -0.25) is 0 Å². The van der Waals surface area contributed by atoms with Gasteiger partial charge in [-0.1, -0.05) is 18.2 Å². The van der Waals surface area contributed by atoms with E-state index in [9.17, 15) is 0 Å². The zero-order valence-electron chi connectivity index (χ0n) is 8.31. The maximum absolute atomic E-state index is 5.68. The Labute approximate surface area is 96.3 Å². The highest BCUT2D eigenvalue weighted by atomic mass is 32.1. The molecule has 2 aromatic heterocycles. The molecule has 16 heavy (non-hydrogen) atoms. The molecule has 0 radical (unpaired) electrons. The Hall–Kier alpha value is -2.01. The van der Waals surface area contributed by atoms with Gasteiger partial charge in [0.25, 0.3) is 0 Å². The average molecular weight is 231 g/mol. The lowest BCUT2D eigenvalue weighted by Crippen LogP contribution is -2.05. The summed E-state index contributed by atoms with van der Waals surface area (Å²) in [5.74, 6) is 6.34. The van der Waals surface area contributed by atoms with E-state index >= 15 is 0 Å². The molecule has 0 saturated heterocycles. The number of hydrogen-bond acceptors (Lipinski definition) is 3. The number of imidazole rings is 1. The smallest absolute Gasteiger partial charge is 0.196 e. The van der Waals surface area contributed by atoms with Gasteiger partial charge in [0.05, 0.1) is 6.20 Å². The molecule has 0 bridgehead atoms. The van der Waals surface area contributed by atoms with Gasteiger partial charge in [0, 0.05) is 5.39 Å². The molecule has 4 nitrogen and oxygen atoms in total. The molecule has 0 atom stereocenters. The number of nitrogens with two attached hydrogens (primary N) is 1. The fourth-order valence-electron chi connectivity index (χ4n) is 1.65. The molecular weight excluding hydrogens is 222 g/mol. The summed E-state index contributed by atoms with van der Waals surface area (Å²) in [6, 6.07) is 9.78. The van der Waals surface area contributed by atoms with Crippen LogP contribution in [0.4, 0.5) is 0 Å². The van der Waals surface area contributed by atoms with Crippen molar-refractivity contribution in [3.05, 3.63) is 41.3 Å². The third-order valence-electron chi connectivity index (χ3n) is 2.44. The second kappa shape index (κ2) is 3.24. The third kappa shape index (κ3) is 1.33. The van der Waals surface area contributed by atoms with Crippen molar-refractivity contribution in [1.82, 2.24) is 9.66 Å². The first-order valence-electron chi connectivity index (χ1n) is 4.80. The topological polar surface area (TPSA) is 59.9 Å². The van der Waals surface area contributed by atoms with E-state index in [0.717, 1.165) is 22.4 Å². The van der Waals surface area contributed by atoms with Crippen molar-refractivity contribution in [3.63, 3.8) is 0 Å². The number of hydrogen-bond donors (Lipinski definition) is 2. The van der Waals surface area contributed by atoms with Crippen LogP contribution in [-0.2, 0) is 0 Å². The van der Waals surface area contributed by atoms with E-state index in [2.05, 4.69) is 4.98 Å². The summed E-state index contributed by atoms with van der Waals surface area (Å²) in [6.07, 6.45) is 1.71. The zero-order chi connectivity index (χ0) is 11.1. The van der Waals surface area contributed by atoms with E-state index in [1.54, 1.807) is 6.20 Å². The Morgan fingerprint density at radius 1 is 1.31 bits per heavy atom.